The average Bonchev–Trinajstić information content (AvgIpc) is 2.73. The lowest BCUT2D eigenvalue weighted by Crippen LogP contribution is -2.17. The molecule has 20 heavy (non-hydrogen) atoms. The van der Waals surface area contributed by atoms with Crippen LogP contribution >= 0.6 is 11.3 Å². The first-order valence-corrected chi connectivity index (χ1v) is 6.75. The van der Waals surface area contributed by atoms with Crippen molar-refractivity contribution in [1.29, 1.82) is 0 Å². The number of hydrogen-bond acceptors (Lipinski definition) is 4. The van der Waals surface area contributed by atoms with E-state index in [1.54, 1.807) is 11.6 Å². The van der Waals surface area contributed by atoms with Crippen LogP contribution in [0.25, 0.3) is 0 Å². The second-order valence-electron chi connectivity index (χ2n) is 4.24. The number of rotatable bonds is 4. The van der Waals surface area contributed by atoms with Crippen molar-refractivity contribution in [3.05, 3.63) is 40.3 Å². The van der Waals surface area contributed by atoms with Crippen molar-refractivity contribution >= 4 is 17.0 Å². The maximum atomic E-state index is 12.2. The minimum Gasteiger partial charge on any atom is -0.406 e. The molecule has 0 aliphatic heterocycles. The van der Waals surface area contributed by atoms with Crippen molar-refractivity contribution in [3.63, 3.8) is 0 Å². The molecule has 1 heterocycles. The smallest absolute Gasteiger partial charge is 0.406 e. The Bertz CT molecular complexity index is 583. The van der Waals surface area contributed by atoms with E-state index in [9.17, 15) is 13.2 Å². The van der Waals surface area contributed by atoms with Crippen LogP contribution in [0, 0.1) is 6.92 Å². The van der Waals surface area contributed by atoms with Crippen LogP contribution in [0.4, 0.5) is 18.9 Å². The van der Waals surface area contributed by atoms with E-state index in [-0.39, 0.29) is 11.8 Å². The number of halogens is 3. The van der Waals surface area contributed by atoms with Gasteiger partial charge in [-0.2, -0.15) is 0 Å². The van der Waals surface area contributed by atoms with Crippen molar-refractivity contribution < 1.29 is 17.9 Å². The third kappa shape index (κ3) is 3.86. The Balaban J connectivity index is 2.10. The first kappa shape index (κ1) is 14.6. The molecule has 2 aromatic rings. The quantitative estimate of drug-likeness (QED) is 0.901. The Morgan fingerprint density at radius 1 is 1.35 bits per heavy atom. The van der Waals surface area contributed by atoms with Crippen LogP contribution in [0.15, 0.2) is 29.8 Å². The van der Waals surface area contributed by atoms with Crippen LogP contribution in [0.1, 0.15) is 23.5 Å². The van der Waals surface area contributed by atoms with E-state index in [0.717, 1.165) is 10.6 Å². The zero-order valence-corrected chi connectivity index (χ0v) is 11.7. The van der Waals surface area contributed by atoms with Crippen LogP contribution < -0.4 is 10.1 Å². The van der Waals surface area contributed by atoms with Crippen molar-refractivity contribution in [2.24, 2.45) is 0 Å². The average molecular weight is 302 g/mol. The van der Waals surface area contributed by atoms with Gasteiger partial charge in [0.1, 0.15) is 5.75 Å². The third-order valence-corrected chi connectivity index (χ3v) is 3.74. The highest BCUT2D eigenvalue weighted by molar-refractivity contribution is 7.09. The largest absolute Gasteiger partial charge is 0.573 e. The summed E-state index contributed by atoms with van der Waals surface area (Å²) in [6.07, 6.45) is -4.68. The number of benzene rings is 1. The molecule has 0 saturated carbocycles. The summed E-state index contributed by atoms with van der Waals surface area (Å²) in [7, 11) is 0. The van der Waals surface area contributed by atoms with Gasteiger partial charge in [-0.1, -0.05) is 6.07 Å². The Hall–Kier alpha value is -1.76. The summed E-state index contributed by atoms with van der Waals surface area (Å²) in [5.41, 5.74) is 3.22. The summed E-state index contributed by atoms with van der Waals surface area (Å²) in [6.45, 7) is 3.82. The predicted octanol–water partition coefficient (Wildman–Crippen LogP) is 4.52. The molecule has 1 unspecified atom stereocenters. The molecule has 0 saturated heterocycles. The van der Waals surface area contributed by atoms with Crippen LogP contribution in [0.3, 0.4) is 0 Å². The van der Waals surface area contributed by atoms with E-state index < -0.39 is 6.36 Å². The molecular weight excluding hydrogens is 289 g/mol. The third-order valence-electron chi connectivity index (χ3n) is 2.63. The van der Waals surface area contributed by atoms with E-state index in [1.807, 2.05) is 13.8 Å². The van der Waals surface area contributed by atoms with Crippen LogP contribution in [-0.4, -0.2) is 11.3 Å². The lowest BCUT2D eigenvalue weighted by atomic mass is 10.2. The van der Waals surface area contributed by atoms with Gasteiger partial charge in [0, 0.05) is 16.6 Å². The summed E-state index contributed by atoms with van der Waals surface area (Å²) in [5, 5.41) is 3.13. The summed E-state index contributed by atoms with van der Waals surface area (Å²) in [6, 6.07) is 5.75. The number of thiazole rings is 1. The number of hydrogen-bond donors (Lipinski definition) is 1. The number of alkyl halides is 3. The van der Waals surface area contributed by atoms with Crippen molar-refractivity contribution in [1.82, 2.24) is 4.98 Å². The van der Waals surface area contributed by atoms with E-state index in [1.165, 1.54) is 29.5 Å². The van der Waals surface area contributed by atoms with Gasteiger partial charge in [0.05, 0.1) is 17.2 Å². The van der Waals surface area contributed by atoms with E-state index in [4.69, 9.17) is 0 Å². The summed E-state index contributed by atoms with van der Waals surface area (Å²) in [4.78, 5) is 5.20. The molecule has 0 spiro atoms. The summed E-state index contributed by atoms with van der Waals surface area (Å²) >= 11 is 1.51. The van der Waals surface area contributed by atoms with Gasteiger partial charge in [-0.3, -0.25) is 0 Å². The molecule has 2 rings (SSSR count). The minimum atomic E-state index is -4.68. The molecule has 0 aliphatic carbocycles. The molecule has 0 amide bonds. The molecule has 3 nitrogen and oxygen atoms in total. The highest BCUT2D eigenvalue weighted by atomic mass is 32.1. The monoisotopic (exact) mass is 302 g/mol. The van der Waals surface area contributed by atoms with Gasteiger partial charge in [0.25, 0.3) is 0 Å². The lowest BCUT2D eigenvalue weighted by Gasteiger charge is -2.15. The second-order valence-corrected chi connectivity index (χ2v) is 5.13. The fraction of sp³-hybridized carbons (Fsp3) is 0.308. The van der Waals surface area contributed by atoms with Gasteiger partial charge >= 0.3 is 6.36 Å². The molecule has 0 fully saturated rings. The SMILES string of the molecule is Cc1ncsc1C(C)Nc1cccc(OC(F)(F)F)c1. The fourth-order valence-electron chi connectivity index (χ4n) is 1.83. The number of nitrogens with one attached hydrogen (secondary N) is 1. The zero-order chi connectivity index (χ0) is 14.8. The maximum absolute atomic E-state index is 12.2. The fourth-order valence-corrected chi connectivity index (χ4v) is 2.64. The molecule has 0 bridgehead atoms. The number of aryl methyl sites for hydroxylation is 1. The van der Waals surface area contributed by atoms with Gasteiger partial charge in [-0.15, -0.1) is 24.5 Å². The number of anilines is 1. The Morgan fingerprint density at radius 3 is 2.70 bits per heavy atom. The molecule has 1 aromatic heterocycles. The van der Waals surface area contributed by atoms with Crippen LogP contribution in [0.5, 0.6) is 5.75 Å². The van der Waals surface area contributed by atoms with Crippen LogP contribution in [-0.2, 0) is 0 Å². The highest BCUT2D eigenvalue weighted by Crippen LogP contribution is 2.28. The molecule has 7 heteroatoms. The number of nitrogens with zero attached hydrogens (tertiary/aromatic N) is 1. The summed E-state index contributed by atoms with van der Waals surface area (Å²) < 4.78 is 40.4. The van der Waals surface area contributed by atoms with Gasteiger partial charge in [-0.25, -0.2) is 4.98 Å². The number of ether oxygens (including phenoxy) is 1. The molecule has 1 atom stereocenters. The second kappa shape index (κ2) is 5.70. The Labute approximate surface area is 118 Å². The first-order chi connectivity index (χ1) is 9.35. The normalized spacial score (nSPS) is 13.1. The van der Waals surface area contributed by atoms with Crippen molar-refractivity contribution in [3.8, 4) is 5.75 Å². The molecule has 1 aromatic carbocycles. The van der Waals surface area contributed by atoms with Crippen LogP contribution in [0.2, 0.25) is 0 Å². The number of aromatic nitrogens is 1. The van der Waals surface area contributed by atoms with E-state index in [0.29, 0.717) is 5.69 Å². The molecular formula is C13H13F3N2OS. The van der Waals surface area contributed by atoms with E-state index >= 15 is 0 Å². The van der Waals surface area contributed by atoms with Crippen molar-refractivity contribution in [2.45, 2.75) is 26.3 Å². The predicted molar refractivity (Wildman–Crippen MR) is 72.0 cm³/mol. The highest BCUT2D eigenvalue weighted by Gasteiger charge is 2.31. The molecule has 0 radical (unpaired) electrons. The van der Waals surface area contributed by atoms with E-state index in [2.05, 4.69) is 15.0 Å². The van der Waals surface area contributed by atoms with Gasteiger partial charge < -0.3 is 10.1 Å². The van der Waals surface area contributed by atoms with Gasteiger partial charge in [0.15, 0.2) is 0 Å². The Morgan fingerprint density at radius 2 is 2.10 bits per heavy atom. The molecule has 0 aliphatic rings. The maximum Gasteiger partial charge on any atom is 0.573 e. The molecule has 108 valence electrons. The van der Waals surface area contributed by atoms with Gasteiger partial charge in [0.2, 0.25) is 0 Å². The lowest BCUT2D eigenvalue weighted by molar-refractivity contribution is -0.274. The topological polar surface area (TPSA) is 34.2 Å². The minimum absolute atomic E-state index is 0.0383. The first-order valence-electron chi connectivity index (χ1n) is 5.87. The Kier molecular flexibility index (Phi) is 4.17. The van der Waals surface area contributed by atoms with Gasteiger partial charge in [-0.05, 0) is 26.0 Å². The molecule has 1 N–H and O–H groups in total. The van der Waals surface area contributed by atoms with Crippen molar-refractivity contribution in [2.75, 3.05) is 5.32 Å². The standard InChI is InChI=1S/C13H13F3N2OS/c1-8-12(20-7-17-8)9(2)18-10-4-3-5-11(6-10)19-13(14,15)16/h3-7,9,18H,1-2H3. The summed E-state index contributed by atoms with van der Waals surface area (Å²) in [5.74, 6) is -0.240. The zero-order valence-electron chi connectivity index (χ0n) is 10.9.